The number of carbonyl (C=O) groups is 1. The number of fused-ring (bicyclic) bond motifs is 1. The normalized spacial score (nSPS) is 15.4. The van der Waals surface area contributed by atoms with Gasteiger partial charge in [-0.25, -0.2) is 0 Å². The molecule has 4 nitrogen and oxygen atoms in total. The number of halogens is 3. The third kappa shape index (κ3) is 2.81. The summed E-state index contributed by atoms with van der Waals surface area (Å²) >= 11 is 0. The van der Waals surface area contributed by atoms with Crippen LogP contribution in [0.2, 0.25) is 0 Å². The lowest BCUT2D eigenvalue weighted by molar-refractivity contribution is -0.141. The second kappa shape index (κ2) is 4.68. The molecule has 1 heterocycles. The maximum Gasteiger partial charge on any atom is 0.406 e. The first kappa shape index (κ1) is 13.8. The van der Waals surface area contributed by atoms with Crippen molar-refractivity contribution in [1.29, 1.82) is 0 Å². The number of benzene rings is 1. The smallest absolute Gasteiger partial charge is 0.399 e. The van der Waals surface area contributed by atoms with Crippen LogP contribution in [0, 0.1) is 0 Å². The molecule has 1 aliphatic rings. The van der Waals surface area contributed by atoms with Crippen molar-refractivity contribution < 1.29 is 18.0 Å². The Balaban J connectivity index is 1.96. The molecule has 1 fully saturated rings. The maximum absolute atomic E-state index is 12.7. The van der Waals surface area contributed by atoms with Gasteiger partial charge >= 0.3 is 6.18 Å². The van der Waals surface area contributed by atoms with Gasteiger partial charge in [0.25, 0.3) is 5.91 Å². The number of hydrogen-bond donors (Lipinski definition) is 2. The number of nitrogens with one attached hydrogen (secondary N) is 1. The molecule has 1 aromatic carbocycles. The lowest BCUT2D eigenvalue weighted by Gasteiger charge is -2.23. The molecular weight excluding hydrogens is 283 g/mol. The Bertz CT molecular complexity index is 688. The Morgan fingerprint density at radius 3 is 2.71 bits per heavy atom. The molecule has 0 radical (unpaired) electrons. The monoisotopic (exact) mass is 297 g/mol. The highest BCUT2D eigenvalue weighted by Gasteiger charge is 2.41. The quantitative estimate of drug-likeness (QED) is 0.856. The molecule has 7 heteroatoms. The van der Waals surface area contributed by atoms with E-state index in [4.69, 9.17) is 5.73 Å². The van der Waals surface area contributed by atoms with Crippen LogP contribution in [0.5, 0.6) is 0 Å². The average molecular weight is 297 g/mol. The standard InChI is InChI=1S/C14H14F3N3O/c15-14(16,17)7-20(9-2-3-9)13(21)11-6-19-12-4-1-8(18)5-10(11)12/h1,4-6,9,19H,2-3,7,18H2. The number of nitrogens with zero attached hydrogens (tertiary/aromatic N) is 1. The lowest BCUT2D eigenvalue weighted by Crippen LogP contribution is -2.40. The van der Waals surface area contributed by atoms with E-state index in [0.29, 0.717) is 29.4 Å². The number of amides is 1. The fourth-order valence-electron chi connectivity index (χ4n) is 2.42. The SMILES string of the molecule is Nc1ccc2[nH]cc(C(=O)N(CC(F)(F)F)C3CC3)c2c1. The maximum atomic E-state index is 12.7. The molecule has 0 atom stereocenters. The van der Waals surface area contributed by atoms with Gasteiger partial charge in [0.05, 0.1) is 5.56 Å². The number of nitrogen functional groups attached to an aromatic ring is 1. The molecule has 1 aliphatic carbocycles. The van der Waals surface area contributed by atoms with Crippen molar-refractivity contribution in [3.8, 4) is 0 Å². The Morgan fingerprint density at radius 1 is 1.38 bits per heavy atom. The first-order chi connectivity index (χ1) is 9.85. The van der Waals surface area contributed by atoms with Gasteiger partial charge in [-0.1, -0.05) is 0 Å². The van der Waals surface area contributed by atoms with Gasteiger partial charge in [0.15, 0.2) is 0 Å². The summed E-state index contributed by atoms with van der Waals surface area (Å²) in [6, 6.07) is 4.65. The molecule has 112 valence electrons. The lowest BCUT2D eigenvalue weighted by atomic mass is 10.1. The molecule has 21 heavy (non-hydrogen) atoms. The first-order valence-corrected chi connectivity index (χ1v) is 6.59. The molecule has 2 aromatic rings. The molecule has 0 spiro atoms. The van der Waals surface area contributed by atoms with Gasteiger partial charge in [-0.15, -0.1) is 0 Å². The van der Waals surface area contributed by atoms with Gasteiger partial charge in [0.1, 0.15) is 6.54 Å². The number of nitrogens with two attached hydrogens (primary N) is 1. The van der Waals surface area contributed by atoms with E-state index in [0.717, 1.165) is 4.90 Å². The van der Waals surface area contributed by atoms with Crippen molar-refractivity contribution in [1.82, 2.24) is 9.88 Å². The van der Waals surface area contributed by atoms with Gasteiger partial charge < -0.3 is 15.6 Å². The van der Waals surface area contributed by atoms with Crippen LogP contribution in [0.15, 0.2) is 24.4 Å². The topological polar surface area (TPSA) is 62.1 Å². The third-order valence-electron chi connectivity index (χ3n) is 3.53. The summed E-state index contributed by atoms with van der Waals surface area (Å²) in [6.45, 7) is -1.22. The van der Waals surface area contributed by atoms with Gasteiger partial charge in [-0.05, 0) is 31.0 Å². The van der Waals surface area contributed by atoms with E-state index in [-0.39, 0.29) is 11.6 Å². The second-order valence-electron chi connectivity index (χ2n) is 5.29. The summed E-state index contributed by atoms with van der Waals surface area (Å²) in [5, 5.41) is 0.549. The minimum absolute atomic E-state index is 0.230. The van der Waals surface area contributed by atoms with Crippen LogP contribution in [-0.2, 0) is 0 Å². The van der Waals surface area contributed by atoms with Gasteiger partial charge in [0.2, 0.25) is 0 Å². The van der Waals surface area contributed by atoms with Gasteiger partial charge in [-0.3, -0.25) is 4.79 Å². The summed E-state index contributed by atoms with van der Waals surface area (Å²) in [4.78, 5) is 16.3. The van der Waals surface area contributed by atoms with Crippen LogP contribution in [-0.4, -0.2) is 34.6 Å². The second-order valence-corrected chi connectivity index (χ2v) is 5.29. The summed E-state index contributed by atoms with van der Waals surface area (Å²) in [5.41, 5.74) is 7.05. The summed E-state index contributed by atoms with van der Waals surface area (Å²) in [5.74, 6) is -0.605. The first-order valence-electron chi connectivity index (χ1n) is 6.59. The molecular formula is C14H14F3N3O. The van der Waals surface area contributed by atoms with Crippen molar-refractivity contribution in [2.45, 2.75) is 25.1 Å². The third-order valence-corrected chi connectivity index (χ3v) is 3.53. The largest absolute Gasteiger partial charge is 0.406 e. The number of alkyl halides is 3. The van der Waals surface area contributed by atoms with Gasteiger partial charge in [-0.2, -0.15) is 13.2 Å². The van der Waals surface area contributed by atoms with E-state index >= 15 is 0 Å². The molecule has 0 aliphatic heterocycles. The zero-order chi connectivity index (χ0) is 15.2. The highest BCUT2D eigenvalue weighted by atomic mass is 19.4. The highest BCUT2D eigenvalue weighted by Crippen LogP contribution is 2.33. The predicted molar refractivity (Wildman–Crippen MR) is 72.8 cm³/mol. The van der Waals surface area contributed by atoms with Crippen LogP contribution < -0.4 is 5.73 Å². The van der Waals surface area contributed by atoms with E-state index in [1.165, 1.54) is 6.20 Å². The van der Waals surface area contributed by atoms with Crippen LogP contribution >= 0.6 is 0 Å². The fraction of sp³-hybridized carbons (Fsp3) is 0.357. The Labute approximate surface area is 118 Å². The Hall–Kier alpha value is -2.18. The van der Waals surface area contributed by atoms with Crippen molar-refractivity contribution in [2.75, 3.05) is 12.3 Å². The summed E-state index contributed by atoms with van der Waals surface area (Å²) in [6.07, 6.45) is -1.72. The number of anilines is 1. The van der Waals surface area contributed by atoms with Crippen molar-refractivity contribution in [3.63, 3.8) is 0 Å². The number of aromatic nitrogens is 1. The number of hydrogen-bond acceptors (Lipinski definition) is 2. The molecule has 0 bridgehead atoms. The van der Waals surface area contributed by atoms with Crippen molar-refractivity contribution in [2.24, 2.45) is 0 Å². The average Bonchev–Trinajstić information content (AvgIpc) is 3.14. The molecule has 0 unspecified atom stereocenters. The number of carbonyl (C=O) groups excluding carboxylic acids is 1. The zero-order valence-electron chi connectivity index (χ0n) is 11.1. The van der Waals surface area contributed by atoms with Crippen molar-refractivity contribution in [3.05, 3.63) is 30.0 Å². The molecule has 1 saturated carbocycles. The van der Waals surface area contributed by atoms with E-state index in [1.54, 1.807) is 18.2 Å². The molecule has 3 N–H and O–H groups in total. The summed E-state index contributed by atoms with van der Waals surface area (Å²) < 4.78 is 38.0. The van der Waals surface area contributed by atoms with Gasteiger partial charge in [0, 0.05) is 28.8 Å². The predicted octanol–water partition coefficient (Wildman–Crippen LogP) is 2.92. The minimum Gasteiger partial charge on any atom is -0.399 e. The highest BCUT2D eigenvalue weighted by molar-refractivity contribution is 6.07. The van der Waals surface area contributed by atoms with Crippen LogP contribution in [0.1, 0.15) is 23.2 Å². The number of rotatable bonds is 3. The van der Waals surface area contributed by atoms with Crippen LogP contribution in [0.4, 0.5) is 18.9 Å². The van der Waals surface area contributed by atoms with Crippen LogP contribution in [0.3, 0.4) is 0 Å². The molecule has 1 amide bonds. The van der Waals surface area contributed by atoms with E-state index in [1.807, 2.05) is 0 Å². The Kier molecular flexibility index (Phi) is 3.07. The molecule has 3 rings (SSSR count). The fourth-order valence-corrected chi connectivity index (χ4v) is 2.42. The minimum atomic E-state index is -4.40. The Morgan fingerprint density at radius 2 is 2.10 bits per heavy atom. The van der Waals surface area contributed by atoms with Crippen molar-refractivity contribution >= 4 is 22.5 Å². The van der Waals surface area contributed by atoms with E-state index in [9.17, 15) is 18.0 Å². The number of aromatic amines is 1. The molecule has 0 saturated heterocycles. The zero-order valence-corrected chi connectivity index (χ0v) is 11.1. The summed E-state index contributed by atoms with van der Waals surface area (Å²) in [7, 11) is 0. The van der Waals surface area contributed by atoms with E-state index < -0.39 is 18.6 Å². The number of H-pyrrole nitrogens is 1. The van der Waals surface area contributed by atoms with E-state index in [2.05, 4.69) is 4.98 Å². The van der Waals surface area contributed by atoms with Crippen LogP contribution in [0.25, 0.3) is 10.9 Å². The molecule has 1 aromatic heterocycles.